The van der Waals surface area contributed by atoms with Crippen LogP contribution in [0.5, 0.6) is 5.88 Å². The minimum atomic E-state index is -1.47. The molecule has 1 saturated carbocycles. The number of para-hydroxylation sites is 1. The van der Waals surface area contributed by atoms with Crippen LogP contribution in [0.1, 0.15) is 62.4 Å². The molecule has 1 aliphatic carbocycles. The molecular formula is C33H44FN7O7. The fourth-order valence-electron chi connectivity index (χ4n) is 5.86. The number of amides is 5. The molecular weight excluding hydrogens is 625 g/mol. The fourth-order valence-corrected chi connectivity index (χ4v) is 5.86. The summed E-state index contributed by atoms with van der Waals surface area (Å²) in [5.41, 5.74) is 0.397. The van der Waals surface area contributed by atoms with Crippen LogP contribution < -0.4 is 15.4 Å². The number of unbranched alkanes of at least 4 members (excludes halogenated alkanes) is 1. The zero-order valence-corrected chi connectivity index (χ0v) is 27.3. The Hall–Kier alpha value is -4.69. The van der Waals surface area contributed by atoms with E-state index in [1.807, 2.05) is 6.92 Å². The zero-order chi connectivity index (χ0) is 34.0. The number of alkyl halides is 1. The lowest BCUT2D eigenvalue weighted by Crippen LogP contribution is -2.56. The molecule has 5 amide bonds. The lowest BCUT2D eigenvalue weighted by Gasteiger charge is -2.35. The third kappa shape index (κ3) is 8.42. The van der Waals surface area contributed by atoms with Crippen LogP contribution >= 0.6 is 0 Å². The smallest absolute Gasteiger partial charge is 0.409 e. The summed E-state index contributed by atoms with van der Waals surface area (Å²) in [6, 6.07) is 8.27. The third-order valence-electron chi connectivity index (χ3n) is 8.91. The van der Waals surface area contributed by atoms with Crippen molar-refractivity contribution in [3.05, 3.63) is 42.1 Å². The van der Waals surface area contributed by atoms with Gasteiger partial charge in [0.2, 0.25) is 17.7 Å². The van der Waals surface area contributed by atoms with Crippen LogP contribution in [0.4, 0.5) is 9.18 Å². The Balaban J connectivity index is 1.21. The molecule has 5 rings (SSSR count). The van der Waals surface area contributed by atoms with E-state index in [-0.39, 0.29) is 55.6 Å². The van der Waals surface area contributed by atoms with Crippen molar-refractivity contribution in [3.63, 3.8) is 0 Å². The van der Waals surface area contributed by atoms with Gasteiger partial charge in [-0.25, -0.2) is 13.9 Å². The molecule has 2 aromatic rings. The Bertz CT molecular complexity index is 1440. The van der Waals surface area contributed by atoms with E-state index in [1.54, 1.807) is 30.3 Å². The molecule has 0 radical (unpaired) electrons. The largest absolute Gasteiger partial charge is 0.467 e. The van der Waals surface area contributed by atoms with E-state index >= 15 is 0 Å². The molecule has 1 aromatic carbocycles. The van der Waals surface area contributed by atoms with Crippen molar-refractivity contribution in [1.29, 1.82) is 0 Å². The fraction of sp³-hybridized carbons (Fsp3) is 0.576. The van der Waals surface area contributed by atoms with E-state index in [4.69, 9.17) is 9.47 Å². The van der Waals surface area contributed by atoms with Gasteiger partial charge in [-0.2, -0.15) is 5.10 Å². The maximum absolute atomic E-state index is 14.1. The van der Waals surface area contributed by atoms with E-state index in [2.05, 4.69) is 15.7 Å². The van der Waals surface area contributed by atoms with Crippen molar-refractivity contribution in [2.75, 3.05) is 52.6 Å². The predicted octanol–water partition coefficient (Wildman–Crippen LogP) is 2.06. The Labute approximate surface area is 278 Å². The number of aromatic nitrogens is 2. The van der Waals surface area contributed by atoms with Crippen molar-refractivity contribution in [3.8, 4) is 11.6 Å². The molecule has 260 valence electrons. The van der Waals surface area contributed by atoms with E-state index in [9.17, 15) is 28.4 Å². The lowest BCUT2D eigenvalue weighted by molar-refractivity contribution is -0.140. The van der Waals surface area contributed by atoms with Gasteiger partial charge in [0, 0.05) is 44.8 Å². The maximum atomic E-state index is 14.1. The molecule has 0 spiro atoms. The van der Waals surface area contributed by atoms with Crippen molar-refractivity contribution >= 4 is 29.7 Å². The van der Waals surface area contributed by atoms with Crippen molar-refractivity contribution in [1.82, 2.24) is 35.1 Å². The van der Waals surface area contributed by atoms with E-state index in [0.29, 0.717) is 31.7 Å². The van der Waals surface area contributed by atoms with Gasteiger partial charge < -0.3 is 34.8 Å². The zero-order valence-electron chi connectivity index (χ0n) is 27.3. The van der Waals surface area contributed by atoms with Gasteiger partial charge >= 0.3 is 6.09 Å². The summed E-state index contributed by atoms with van der Waals surface area (Å²) in [4.78, 5) is 69.1. The lowest BCUT2D eigenvalue weighted by atomic mass is 9.93. The summed E-state index contributed by atoms with van der Waals surface area (Å²) in [6.07, 6.45) is 5.47. The van der Waals surface area contributed by atoms with Crippen LogP contribution in [0.2, 0.25) is 0 Å². The normalized spacial score (nSPS) is 18.5. The second-order valence-corrected chi connectivity index (χ2v) is 12.2. The summed E-state index contributed by atoms with van der Waals surface area (Å²) in [6.45, 7) is 2.02. The number of carbonyl (C=O) groups is 5. The van der Waals surface area contributed by atoms with E-state index in [0.717, 1.165) is 32.1 Å². The highest BCUT2D eigenvalue weighted by molar-refractivity contribution is 5.96. The van der Waals surface area contributed by atoms with Gasteiger partial charge in [0.25, 0.3) is 11.8 Å². The number of rotatable bonds is 13. The van der Waals surface area contributed by atoms with Gasteiger partial charge in [-0.1, -0.05) is 31.5 Å². The van der Waals surface area contributed by atoms with Gasteiger partial charge in [0.15, 0.2) is 12.3 Å². The number of nitrogens with zero attached hydrogens (tertiary/aromatic N) is 5. The minimum Gasteiger partial charge on any atom is -0.467 e. The SMILES string of the molecule is CCCCOC(=O)N1CCN(C(=O)C(CF)NC(=O)c2cc(OCC(=O)N3CCCC3C(=O)NC3CCC3)n(-c3ccccc3)n2)CC1. The van der Waals surface area contributed by atoms with Crippen LogP contribution in [0.3, 0.4) is 0 Å². The molecule has 3 fully saturated rings. The summed E-state index contributed by atoms with van der Waals surface area (Å²) < 4.78 is 26.6. The molecule has 0 bridgehead atoms. The van der Waals surface area contributed by atoms with Crippen molar-refractivity contribution in [2.24, 2.45) is 0 Å². The first-order valence-electron chi connectivity index (χ1n) is 16.7. The molecule has 2 saturated heterocycles. The van der Waals surface area contributed by atoms with Gasteiger partial charge in [-0.15, -0.1) is 0 Å². The van der Waals surface area contributed by atoms with Gasteiger partial charge in [0.1, 0.15) is 18.8 Å². The van der Waals surface area contributed by atoms with Gasteiger partial charge in [0.05, 0.1) is 12.3 Å². The second kappa shape index (κ2) is 16.4. The highest BCUT2D eigenvalue weighted by atomic mass is 19.1. The van der Waals surface area contributed by atoms with Crippen LogP contribution in [0.15, 0.2) is 36.4 Å². The van der Waals surface area contributed by atoms with E-state index in [1.165, 1.54) is 25.4 Å². The molecule has 3 heterocycles. The molecule has 1 aromatic heterocycles. The second-order valence-electron chi connectivity index (χ2n) is 12.2. The molecule has 48 heavy (non-hydrogen) atoms. The monoisotopic (exact) mass is 669 g/mol. The third-order valence-corrected chi connectivity index (χ3v) is 8.91. The summed E-state index contributed by atoms with van der Waals surface area (Å²) in [5.74, 6) is -1.86. The molecule has 2 aliphatic heterocycles. The van der Waals surface area contributed by atoms with Gasteiger partial charge in [-0.05, 0) is 50.7 Å². The number of ether oxygens (including phenoxy) is 2. The number of hydrogen-bond acceptors (Lipinski definition) is 8. The van der Waals surface area contributed by atoms with Crippen LogP contribution in [-0.2, 0) is 19.1 Å². The first-order valence-corrected chi connectivity index (χ1v) is 16.7. The average Bonchev–Trinajstić information content (AvgIpc) is 3.76. The number of halogens is 1. The predicted molar refractivity (Wildman–Crippen MR) is 171 cm³/mol. The number of piperazine rings is 1. The van der Waals surface area contributed by atoms with Crippen molar-refractivity contribution < 1.29 is 37.8 Å². The van der Waals surface area contributed by atoms with Crippen LogP contribution in [-0.4, -0.2) is 125 Å². The number of likely N-dealkylation sites (tertiary alicyclic amines) is 1. The summed E-state index contributed by atoms with van der Waals surface area (Å²) in [7, 11) is 0. The highest BCUT2D eigenvalue weighted by Crippen LogP contribution is 2.23. The van der Waals surface area contributed by atoms with Crippen LogP contribution in [0.25, 0.3) is 5.69 Å². The molecule has 2 unspecified atom stereocenters. The first-order chi connectivity index (χ1) is 23.3. The Morgan fingerprint density at radius 1 is 0.979 bits per heavy atom. The number of nitrogens with one attached hydrogen (secondary N) is 2. The summed E-state index contributed by atoms with van der Waals surface area (Å²) >= 11 is 0. The van der Waals surface area contributed by atoms with Gasteiger partial charge in [-0.3, -0.25) is 19.2 Å². The molecule has 14 nitrogen and oxygen atoms in total. The topological polar surface area (TPSA) is 155 Å². The Kier molecular flexibility index (Phi) is 11.9. The summed E-state index contributed by atoms with van der Waals surface area (Å²) in [5, 5.41) is 9.80. The molecule has 2 N–H and O–H groups in total. The molecule has 3 aliphatic rings. The van der Waals surface area contributed by atoms with E-state index < -0.39 is 43.3 Å². The first kappa shape index (κ1) is 34.6. The quantitative estimate of drug-likeness (QED) is 0.307. The van der Waals surface area contributed by atoms with Crippen LogP contribution in [0, 0.1) is 0 Å². The Morgan fingerprint density at radius 3 is 2.38 bits per heavy atom. The number of carbonyl (C=O) groups excluding carboxylic acids is 5. The average molecular weight is 670 g/mol. The molecule has 2 atom stereocenters. The Morgan fingerprint density at radius 2 is 1.71 bits per heavy atom. The standard InChI is InChI=1S/C33H44FN7O7/c1-2-3-19-47-33(46)39-17-15-38(16-18-39)32(45)26(21-34)36-30(43)25-20-29(41(37-25)24-11-5-4-6-12-24)48-22-28(42)40-14-8-13-27(40)31(44)35-23-9-7-10-23/h4-6,11-12,20,23,26-27H,2-3,7-10,13-19,21-22H2,1H3,(H,35,44)(H,36,43). The van der Waals surface area contributed by atoms with Crippen molar-refractivity contribution in [2.45, 2.75) is 70.0 Å². The number of benzene rings is 1. The molecule has 15 heteroatoms. The minimum absolute atomic E-state index is 0.0828. The highest BCUT2D eigenvalue weighted by Gasteiger charge is 2.36. The maximum Gasteiger partial charge on any atom is 0.409 e. The number of hydrogen-bond donors (Lipinski definition) is 2.